The monoisotopic (exact) mass is 291 g/mol. The van der Waals surface area contributed by atoms with Gasteiger partial charge in [-0.25, -0.2) is 13.8 Å². The molecule has 6 heteroatoms. The summed E-state index contributed by atoms with van der Waals surface area (Å²) in [6, 6.07) is 7.11. The highest BCUT2D eigenvalue weighted by Crippen LogP contribution is 2.22. The van der Waals surface area contributed by atoms with Crippen molar-refractivity contribution in [1.29, 1.82) is 0 Å². The van der Waals surface area contributed by atoms with E-state index in [1.54, 1.807) is 25.1 Å². The molecule has 1 heterocycles. The number of nitrogens with one attached hydrogen (secondary N) is 1. The number of nitrogens with zero attached hydrogens (tertiary/aromatic N) is 2. The molecule has 0 aliphatic heterocycles. The lowest BCUT2D eigenvalue weighted by atomic mass is 10.1. The van der Waals surface area contributed by atoms with Crippen molar-refractivity contribution in [2.45, 2.75) is 6.92 Å². The lowest BCUT2D eigenvalue weighted by molar-refractivity contribution is 0.0991. The summed E-state index contributed by atoms with van der Waals surface area (Å²) >= 11 is 0. The summed E-state index contributed by atoms with van der Waals surface area (Å²) in [5.74, 6) is -1.72. The molecule has 0 spiro atoms. The van der Waals surface area contributed by atoms with Crippen molar-refractivity contribution in [1.82, 2.24) is 4.98 Å². The van der Waals surface area contributed by atoms with Crippen LogP contribution in [0.5, 0.6) is 0 Å². The zero-order valence-corrected chi connectivity index (χ0v) is 11.7. The maximum absolute atomic E-state index is 13.8. The molecule has 0 aliphatic carbocycles. The average Bonchev–Trinajstić information content (AvgIpc) is 2.50. The van der Waals surface area contributed by atoms with Gasteiger partial charge in [0.05, 0.1) is 0 Å². The number of aromatic nitrogens is 1. The molecule has 0 aliphatic rings. The number of carbonyl (C=O) groups is 1. The van der Waals surface area contributed by atoms with Gasteiger partial charge in [0.15, 0.2) is 0 Å². The number of hydrogen-bond acceptors (Lipinski definition) is 3. The van der Waals surface area contributed by atoms with Crippen molar-refractivity contribution < 1.29 is 13.6 Å². The fourth-order valence-electron chi connectivity index (χ4n) is 1.89. The Morgan fingerprint density at radius 2 is 1.95 bits per heavy atom. The van der Waals surface area contributed by atoms with Crippen molar-refractivity contribution in [3.05, 3.63) is 53.7 Å². The minimum absolute atomic E-state index is 0.0696. The standard InChI is InChI=1S/C15H15F2N3O/c1-3-18-14-11(16)8-10(9-12(14)17)15(21)20(2)13-6-4-5-7-19-13/h4-9,18H,3H2,1-2H3. The molecule has 0 bridgehead atoms. The van der Waals surface area contributed by atoms with Gasteiger partial charge < -0.3 is 5.32 Å². The minimum Gasteiger partial charge on any atom is -0.381 e. The van der Waals surface area contributed by atoms with Crippen LogP contribution in [-0.2, 0) is 0 Å². The fraction of sp³-hybridized carbons (Fsp3) is 0.200. The molecule has 0 saturated carbocycles. The SMILES string of the molecule is CCNc1c(F)cc(C(=O)N(C)c2ccccn2)cc1F. The normalized spacial score (nSPS) is 10.3. The van der Waals surface area contributed by atoms with Gasteiger partial charge in [0.2, 0.25) is 0 Å². The lowest BCUT2D eigenvalue weighted by Crippen LogP contribution is -2.27. The van der Waals surface area contributed by atoms with E-state index in [2.05, 4.69) is 10.3 Å². The summed E-state index contributed by atoms with van der Waals surface area (Å²) in [5, 5.41) is 2.58. The van der Waals surface area contributed by atoms with E-state index in [0.29, 0.717) is 12.4 Å². The Bertz CT molecular complexity index is 624. The third-order valence-corrected chi connectivity index (χ3v) is 2.94. The summed E-state index contributed by atoms with van der Waals surface area (Å²) in [4.78, 5) is 17.5. The van der Waals surface area contributed by atoms with Gasteiger partial charge in [0.25, 0.3) is 5.91 Å². The van der Waals surface area contributed by atoms with E-state index in [0.717, 1.165) is 12.1 Å². The van der Waals surface area contributed by atoms with Crippen LogP contribution in [0, 0.1) is 11.6 Å². The molecule has 4 nitrogen and oxygen atoms in total. The van der Waals surface area contributed by atoms with Gasteiger partial charge >= 0.3 is 0 Å². The molecule has 1 aromatic carbocycles. The van der Waals surface area contributed by atoms with Crippen LogP contribution in [0.2, 0.25) is 0 Å². The maximum Gasteiger partial charge on any atom is 0.259 e. The van der Waals surface area contributed by atoms with Crippen LogP contribution in [0.15, 0.2) is 36.5 Å². The Balaban J connectivity index is 2.32. The molecule has 110 valence electrons. The van der Waals surface area contributed by atoms with E-state index in [1.807, 2.05) is 0 Å². The molecule has 0 fully saturated rings. The summed E-state index contributed by atoms with van der Waals surface area (Å²) < 4.78 is 27.7. The lowest BCUT2D eigenvalue weighted by Gasteiger charge is -2.17. The zero-order chi connectivity index (χ0) is 15.4. The number of anilines is 2. The Kier molecular flexibility index (Phi) is 4.47. The molecule has 1 aromatic heterocycles. The number of pyridine rings is 1. The maximum atomic E-state index is 13.8. The van der Waals surface area contributed by atoms with Crippen molar-refractivity contribution >= 4 is 17.4 Å². The van der Waals surface area contributed by atoms with E-state index in [1.165, 1.54) is 18.1 Å². The number of hydrogen-bond donors (Lipinski definition) is 1. The molecule has 1 amide bonds. The van der Waals surface area contributed by atoms with Crippen LogP contribution in [0.3, 0.4) is 0 Å². The predicted molar refractivity (Wildman–Crippen MR) is 77.5 cm³/mol. The van der Waals surface area contributed by atoms with E-state index in [-0.39, 0.29) is 11.3 Å². The molecule has 0 atom stereocenters. The number of amides is 1. The molecule has 21 heavy (non-hydrogen) atoms. The van der Waals surface area contributed by atoms with E-state index >= 15 is 0 Å². The quantitative estimate of drug-likeness (QED) is 0.941. The van der Waals surface area contributed by atoms with Crippen LogP contribution >= 0.6 is 0 Å². The van der Waals surface area contributed by atoms with E-state index in [4.69, 9.17) is 0 Å². The Hall–Kier alpha value is -2.50. The van der Waals surface area contributed by atoms with Gasteiger partial charge in [-0.3, -0.25) is 9.69 Å². The highest BCUT2D eigenvalue weighted by Gasteiger charge is 2.19. The second-order valence-electron chi connectivity index (χ2n) is 4.40. The number of carbonyl (C=O) groups excluding carboxylic acids is 1. The fourth-order valence-corrected chi connectivity index (χ4v) is 1.89. The Labute approximate surface area is 121 Å². The van der Waals surface area contributed by atoms with Gasteiger partial charge in [-0.05, 0) is 31.2 Å². The van der Waals surface area contributed by atoms with E-state index < -0.39 is 17.5 Å². The highest BCUT2D eigenvalue weighted by atomic mass is 19.1. The molecule has 0 unspecified atom stereocenters. The predicted octanol–water partition coefficient (Wildman–Crippen LogP) is 3.07. The topological polar surface area (TPSA) is 45.2 Å². The first-order valence-corrected chi connectivity index (χ1v) is 6.46. The Morgan fingerprint density at radius 3 is 2.48 bits per heavy atom. The molecule has 2 rings (SSSR count). The molecular formula is C15H15F2N3O. The molecule has 1 N–H and O–H groups in total. The third kappa shape index (κ3) is 3.16. The number of halogens is 2. The first-order chi connectivity index (χ1) is 10.0. The first kappa shape index (κ1) is 14.9. The van der Waals surface area contributed by atoms with Crippen molar-refractivity contribution in [2.24, 2.45) is 0 Å². The smallest absolute Gasteiger partial charge is 0.259 e. The van der Waals surface area contributed by atoms with Crippen LogP contribution in [0.25, 0.3) is 0 Å². The van der Waals surface area contributed by atoms with Crippen LogP contribution in [0.1, 0.15) is 17.3 Å². The van der Waals surface area contributed by atoms with Crippen molar-refractivity contribution in [3.8, 4) is 0 Å². The molecule has 0 radical (unpaired) electrons. The van der Waals surface area contributed by atoms with Gasteiger partial charge in [-0.15, -0.1) is 0 Å². The van der Waals surface area contributed by atoms with Gasteiger partial charge in [-0.2, -0.15) is 0 Å². The zero-order valence-electron chi connectivity index (χ0n) is 11.7. The van der Waals surface area contributed by atoms with Crippen molar-refractivity contribution in [3.63, 3.8) is 0 Å². The average molecular weight is 291 g/mol. The van der Waals surface area contributed by atoms with Crippen LogP contribution in [0.4, 0.5) is 20.3 Å². The highest BCUT2D eigenvalue weighted by molar-refractivity contribution is 6.05. The number of rotatable bonds is 4. The van der Waals surface area contributed by atoms with Crippen LogP contribution < -0.4 is 10.2 Å². The van der Waals surface area contributed by atoms with Gasteiger partial charge in [0.1, 0.15) is 23.1 Å². The first-order valence-electron chi connectivity index (χ1n) is 6.46. The van der Waals surface area contributed by atoms with Crippen LogP contribution in [-0.4, -0.2) is 24.5 Å². The minimum atomic E-state index is -0.797. The summed E-state index contributed by atoms with van der Waals surface area (Å²) in [6.07, 6.45) is 1.54. The molecule has 0 saturated heterocycles. The summed E-state index contributed by atoms with van der Waals surface area (Å²) in [7, 11) is 1.50. The third-order valence-electron chi connectivity index (χ3n) is 2.94. The summed E-state index contributed by atoms with van der Waals surface area (Å²) in [6.45, 7) is 2.11. The van der Waals surface area contributed by atoms with E-state index in [9.17, 15) is 13.6 Å². The largest absolute Gasteiger partial charge is 0.381 e. The second kappa shape index (κ2) is 6.30. The Morgan fingerprint density at radius 1 is 1.29 bits per heavy atom. The molecule has 2 aromatic rings. The number of benzene rings is 1. The van der Waals surface area contributed by atoms with Crippen molar-refractivity contribution in [2.75, 3.05) is 23.8 Å². The van der Waals surface area contributed by atoms with Gasteiger partial charge in [-0.1, -0.05) is 6.07 Å². The van der Waals surface area contributed by atoms with Gasteiger partial charge in [0, 0.05) is 25.4 Å². The summed E-state index contributed by atoms with van der Waals surface area (Å²) in [5.41, 5.74) is -0.297. The second-order valence-corrected chi connectivity index (χ2v) is 4.40. The molecular weight excluding hydrogens is 276 g/mol.